The Labute approximate surface area is 196 Å². The maximum absolute atomic E-state index is 13.0. The van der Waals surface area contributed by atoms with Crippen molar-refractivity contribution in [2.75, 3.05) is 24.5 Å². The number of carbonyl (C=O) groups excluding carboxylic acids is 1. The summed E-state index contributed by atoms with van der Waals surface area (Å²) < 4.78 is 0. The maximum atomic E-state index is 13.0. The Bertz CT molecular complexity index is 786. The predicted octanol–water partition coefficient (Wildman–Crippen LogP) is 6.63. The molecule has 2 aromatic rings. The molecular formula is C24H31Cl3N2O. The third-order valence-electron chi connectivity index (χ3n) is 5.53. The predicted molar refractivity (Wildman–Crippen MR) is 131 cm³/mol. The molecular weight excluding hydrogens is 439 g/mol. The van der Waals surface area contributed by atoms with Crippen LogP contribution in [-0.4, -0.2) is 25.5 Å². The van der Waals surface area contributed by atoms with Crippen LogP contribution in [0.25, 0.3) is 0 Å². The maximum Gasteiger partial charge on any atom is 0.253 e. The third kappa shape index (κ3) is 7.37. The van der Waals surface area contributed by atoms with E-state index in [4.69, 9.17) is 23.2 Å². The van der Waals surface area contributed by atoms with Crippen molar-refractivity contribution in [3.63, 3.8) is 0 Å². The van der Waals surface area contributed by atoms with Gasteiger partial charge in [-0.25, -0.2) is 0 Å². The lowest BCUT2D eigenvalue weighted by atomic mass is 10.1. The number of halogens is 3. The van der Waals surface area contributed by atoms with Gasteiger partial charge >= 0.3 is 0 Å². The highest BCUT2D eigenvalue weighted by Gasteiger charge is 2.17. The number of hydrogen-bond acceptors (Lipinski definition) is 2. The van der Waals surface area contributed by atoms with Crippen LogP contribution in [0.5, 0.6) is 0 Å². The lowest BCUT2D eigenvalue weighted by Gasteiger charge is -2.26. The van der Waals surface area contributed by atoms with Crippen LogP contribution < -0.4 is 10.2 Å². The van der Waals surface area contributed by atoms with E-state index in [2.05, 4.69) is 22.3 Å². The van der Waals surface area contributed by atoms with Crippen LogP contribution in [0.2, 0.25) is 5.02 Å². The Kier molecular flexibility index (Phi) is 10.8. The second-order valence-corrected chi connectivity index (χ2v) is 8.43. The fraction of sp³-hybridized carbons (Fsp3) is 0.458. The van der Waals surface area contributed by atoms with E-state index in [9.17, 15) is 4.79 Å². The Morgan fingerprint density at radius 2 is 1.50 bits per heavy atom. The first-order chi connectivity index (χ1) is 14.2. The van der Waals surface area contributed by atoms with Crippen molar-refractivity contribution in [1.82, 2.24) is 5.32 Å². The van der Waals surface area contributed by atoms with Gasteiger partial charge in [0, 0.05) is 36.2 Å². The Hall–Kier alpha value is -1.42. The summed E-state index contributed by atoms with van der Waals surface area (Å²) in [4.78, 5) is 15.3. The summed E-state index contributed by atoms with van der Waals surface area (Å²) >= 11 is 12.1. The minimum atomic E-state index is -0.0558. The highest BCUT2D eigenvalue weighted by atomic mass is 35.5. The summed E-state index contributed by atoms with van der Waals surface area (Å²) in [5.74, 6) is 0.463. The second kappa shape index (κ2) is 13.1. The summed E-state index contributed by atoms with van der Waals surface area (Å²) in [5, 5.41) is 3.67. The SMILES string of the molecule is Cl.O=C(NCCc1ccc(CCl)cc1)c1cc(Cl)ccc1N1CCCCCCCC1. The molecule has 3 nitrogen and oxygen atoms in total. The summed E-state index contributed by atoms with van der Waals surface area (Å²) in [6.07, 6.45) is 8.27. The number of nitrogens with one attached hydrogen (secondary N) is 1. The van der Waals surface area contributed by atoms with Crippen molar-refractivity contribution < 1.29 is 4.79 Å². The lowest BCUT2D eigenvalue weighted by Crippen LogP contribution is -2.31. The van der Waals surface area contributed by atoms with Crippen LogP contribution in [0.4, 0.5) is 5.69 Å². The average molecular weight is 470 g/mol. The topological polar surface area (TPSA) is 32.3 Å². The van der Waals surface area contributed by atoms with Gasteiger partial charge in [-0.15, -0.1) is 24.0 Å². The zero-order valence-corrected chi connectivity index (χ0v) is 19.7. The van der Waals surface area contributed by atoms with E-state index in [0.29, 0.717) is 23.0 Å². The molecule has 6 heteroatoms. The Morgan fingerprint density at radius 1 is 0.900 bits per heavy atom. The second-order valence-electron chi connectivity index (χ2n) is 7.73. The first-order valence-corrected chi connectivity index (χ1v) is 11.5. The molecule has 0 atom stereocenters. The van der Waals surface area contributed by atoms with Gasteiger partial charge in [0.25, 0.3) is 5.91 Å². The van der Waals surface area contributed by atoms with Gasteiger partial charge in [0.05, 0.1) is 5.56 Å². The molecule has 0 radical (unpaired) electrons. The monoisotopic (exact) mass is 468 g/mol. The number of rotatable bonds is 6. The van der Waals surface area contributed by atoms with Crippen molar-refractivity contribution in [2.24, 2.45) is 0 Å². The van der Waals surface area contributed by atoms with E-state index in [1.807, 2.05) is 24.3 Å². The Balaban J connectivity index is 0.00000320. The van der Waals surface area contributed by atoms with Gasteiger partial charge in [-0.1, -0.05) is 61.5 Å². The molecule has 0 spiro atoms. The van der Waals surface area contributed by atoms with Gasteiger partial charge in [-0.05, 0) is 48.6 Å². The number of anilines is 1. The number of hydrogen-bond donors (Lipinski definition) is 1. The molecule has 30 heavy (non-hydrogen) atoms. The van der Waals surface area contributed by atoms with Gasteiger partial charge in [0.1, 0.15) is 0 Å². The average Bonchev–Trinajstić information content (AvgIpc) is 2.88. The zero-order chi connectivity index (χ0) is 20.5. The van der Waals surface area contributed by atoms with Gasteiger partial charge in [-0.3, -0.25) is 4.79 Å². The number of amides is 1. The molecule has 0 unspecified atom stereocenters. The van der Waals surface area contributed by atoms with Crippen LogP contribution >= 0.6 is 35.6 Å². The fourth-order valence-corrected chi connectivity index (χ4v) is 4.19. The van der Waals surface area contributed by atoms with Crippen LogP contribution in [0.3, 0.4) is 0 Å². The molecule has 1 saturated heterocycles. The molecule has 1 fully saturated rings. The van der Waals surface area contributed by atoms with E-state index >= 15 is 0 Å². The number of alkyl halides is 1. The summed E-state index contributed by atoms with van der Waals surface area (Å²) in [5.41, 5.74) is 3.96. The molecule has 0 saturated carbocycles. The van der Waals surface area contributed by atoms with Crippen LogP contribution in [0.15, 0.2) is 42.5 Å². The van der Waals surface area contributed by atoms with Gasteiger partial charge in [-0.2, -0.15) is 0 Å². The molecule has 0 aromatic heterocycles. The van der Waals surface area contributed by atoms with Crippen LogP contribution in [0.1, 0.15) is 60.0 Å². The largest absolute Gasteiger partial charge is 0.371 e. The van der Waals surface area contributed by atoms with Crippen molar-refractivity contribution in [3.05, 3.63) is 64.2 Å². The molecule has 1 heterocycles. The third-order valence-corrected chi connectivity index (χ3v) is 6.07. The smallest absolute Gasteiger partial charge is 0.253 e. The molecule has 1 aliphatic rings. The zero-order valence-electron chi connectivity index (χ0n) is 17.3. The molecule has 1 N–H and O–H groups in total. The highest BCUT2D eigenvalue weighted by Crippen LogP contribution is 2.26. The van der Waals surface area contributed by atoms with E-state index in [1.165, 1.54) is 44.1 Å². The van der Waals surface area contributed by atoms with Crippen molar-refractivity contribution >= 4 is 47.2 Å². The van der Waals surface area contributed by atoms with E-state index in [1.54, 1.807) is 6.07 Å². The minimum Gasteiger partial charge on any atom is -0.371 e. The van der Waals surface area contributed by atoms with Crippen LogP contribution in [-0.2, 0) is 12.3 Å². The van der Waals surface area contributed by atoms with Gasteiger partial charge in [0.15, 0.2) is 0 Å². The normalized spacial score (nSPS) is 14.8. The molecule has 0 bridgehead atoms. The lowest BCUT2D eigenvalue weighted by molar-refractivity contribution is 0.0954. The first-order valence-electron chi connectivity index (χ1n) is 10.6. The van der Waals surface area contributed by atoms with Gasteiger partial charge in [0.2, 0.25) is 0 Å². The molecule has 1 amide bonds. The summed E-state index contributed by atoms with van der Waals surface area (Å²) in [6.45, 7) is 2.58. The molecule has 0 aliphatic carbocycles. The molecule has 1 aliphatic heterocycles. The Morgan fingerprint density at radius 3 is 2.13 bits per heavy atom. The molecule has 3 rings (SSSR count). The number of carbonyl (C=O) groups is 1. The minimum absolute atomic E-state index is 0. The first kappa shape index (κ1) is 24.8. The number of benzene rings is 2. The van der Waals surface area contributed by atoms with E-state index in [-0.39, 0.29) is 18.3 Å². The van der Waals surface area contributed by atoms with E-state index in [0.717, 1.165) is 30.8 Å². The van der Waals surface area contributed by atoms with E-state index < -0.39 is 0 Å². The highest BCUT2D eigenvalue weighted by molar-refractivity contribution is 6.31. The molecule has 2 aromatic carbocycles. The number of nitrogens with zero attached hydrogens (tertiary/aromatic N) is 1. The van der Waals surface area contributed by atoms with Crippen molar-refractivity contribution in [1.29, 1.82) is 0 Å². The molecule has 164 valence electrons. The summed E-state index contributed by atoms with van der Waals surface area (Å²) in [6, 6.07) is 13.9. The fourth-order valence-electron chi connectivity index (χ4n) is 3.84. The van der Waals surface area contributed by atoms with Crippen molar-refractivity contribution in [2.45, 2.75) is 50.8 Å². The quantitative estimate of drug-likeness (QED) is 0.481. The van der Waals surface area contributed by atoms with Gasteiger partial charge < -0.3 is 10.2 Å². The van der Waals surface area contributed by atoms with Crippen molar-refractivity contribution in [3.8, 4) is 0 Å². The standard InChI is InChI=1S/C24H30Cl2N2O.ClH/c25-18-20-9-7-19(8-10-20)13-14-27-24(29)22-17-21(26)11-12-23(22)28-15-5-3-1-2-4-6-16-28;/h7-12,17H,1-6,13-16,18H2,(H,27,29);1H. The summed E-state index contributed by atoms with van der Waals surface area (Å²) in [7, 11) is 0. The van der Waals surface area contributed by atoms with Crippen LogP contribution in [0, 0.1) is 0 Å².